The number of nitrogens with zero attached hydrogens (tertiary/aromatic N) is 4. The second kappa shape index (κ2) is 4.75. The molecule has 7 heteroatoms. The van der Waals surface area contributed by atoms with Crippen molar-refractivity contribution in [2.75, 3.05) is 5.75 Å². The van der Waals surface area contributed by atoms with E-state index in [1.807, 2.05) is 36.4 Å². The number of aryl methyl sites for hydroxylation is 2. The molecule has 0 bridgehead atoms. The number of nitrogens with two attached hydrogens (primary N) is 1. The Bertz CT molecular complexity index is 826. The van der Waals surface area contributed by atoms with Gasteiger partial charge in [0.25, 0.3) is 0 Å². The van der Waals surface area contributed by atoms with Gasteiger partial charge >= 0.3 is 0 Å². The Labute approximate surface area is 119 Å². The van der Waals surface area contributed by atoms with Gasteiger partial charge in [0.05, 0.1) is 5.75 Å². The number of fused-ring (bicyclic) bond motifs is 3. The zero-order valence-electron chi connectivity index (χ0n) is 11.1. The fourth-order valence-electron chi connectivity index (χ4n) is 2.18. The van der Waals surface area contributed by atoms with Crippen LogP contribution in [0, 0.1) is 13.8 Å². The maximum Gasteiger partial charge on any atom is 0.227 e. The first-order valence-electron chi connectivity index (χ1n) is 6.09. The van der Waals surface area contributed by atoms with E-state index in [-0.39, 0.29) is 11.7 Å². The summed E-state index contributed by atoms with van der Waals surface area (Å²) in [6.07, 6.45) is 0. The van der Waals surface area contributed by atoms with E-state index in [2.05, 4.69) is 15.2 Å². The summed E-state index contributed by atoms with van der Waals surface area (Å²) in [6, 6.07) is 5.92. The van der Waals surface area contributed by atoms with Gasteiger partial charge in [0, 0.05) is 11.1 Å². The lowest BCUT2D eigenvalue weighted by Gasteiger charge is -2.07. The van der Waals surface area contributed by atoms with Crippen LogP contribution < -0.4 is 5.73 Å². The van der Waals surface area contributed by atoms with Crippen LogP contribution in [-0.4, -0.2) is 31.2 Å². The number of hydrogen-bond acceptors (Lipinski definition) is 5. The molecule has 3 aromatic heterocycles. The molecule has 3 aromatic rings. The van der Waals surface area contributed by atoms with Crippen LogP contribution in [0.5, 0.6) is 0 Å². The molecule has 3 heterocycles. The topological polar surface area (TPSA) is 86.2 Å². The number of primary amides is 1. The molecule has 0 fully saturated rings. The molecule has 0 unspecified atom stereocenters. The van der Waals surface area contributed by atoms with E-state index in [9.17, 15) is 4.79 Å². The van der Waals surface area contributed by atoms with Gasteiger partial charge in [-0.05, 0) is 37.6 Å². The van der Waals surface area contributed by atoms with E-state index >= 15 is 0 Å². The summed E-state index contributed by atoms with van der Waals surface area (Å²) in [4.78, 5) is 15.5. The van der Waals surface area contributed by atoms with Crippen LogP contribution in [0.1, 0.15) is 11.3 Å². The van der Waals surface area contributed by atoms with Crippen molar-refractivity contribution < 1.29 is 4.79 Å². The largest absolute Gasteiger partial charge is 0.369 e. The van der Waals surface area contributed by atoms with Crippen molar-refractivity contribution in [1.82, 2.24) is 19.6 Å². The van der Waals surface area contributed by atoms with Gasteiger partial charge in [0.2, 0.25) is 5.91 Å². The van der Waals surface area contributed by atoms with Gasteiger partial charge in [-0.3, -0.25) is 9.20 Å². The fourth-order valence-corrected chi connectivity index (χ4v) is 2.86. The van der Waals surface area contributed by atoms with E-state index in [0.29, 0.717) is 10.8 Å². The number of rotatable bonds is 3. The lowest BCUT2D eigenvalue weighted by molar-refractivity contribution is -0.115. The first-order chi connectivity index (χ1) is 9.56. The maximum atomic E-state index is 10.9. The van der Waals surface area contributed by atoms with E-state index in [0.717, 1.165) is 22.3 Å². The maximum absolute atomic E-state index is 10.9. The number of carbonyl (C=O) groups is 1. The molecule has 0 aliphatic heterocycles. The first kappa shape index (κ1) is 12.9. The molecule has 0 radical (unpaired) electrons. The van der Waals surface area contributed by atoms with Gasteiger partial charge in [0.1, 0.15) is 5.65 Å². The zero-order valence-corrected chi connectivity index (χ0v) is 11.9. The lowest BCUT2D eigenvalue weighted by atomic mass is 10.1. The summed E-state index contributed by atoms with van der Waals surface area (Å²) in [7, 11) is 0. The Morgan fingerprint density at radius 3 is 2.90 bits per heavy atom. The molecule has 0 aliphatic carbocycles. The second-order valence-corrected chi connectivity index (χ2v) is 5.52. The van der Waals surface area contributed by atoms with Gasteiger partial charge in [-0.2, -0.15) is 0 Å². The lowest BCUT2D eigenvalue weighted by Crippen LogP contribution is -2.13. The summed E-state index contributed by atoms with van der Waals surface area (Å²) < 4.78 is 1.86. The van der Waals surface area contributed by atoms with E-state index in [1.165, 1.54) is 11.8 Å². The summed E-state index contributed by atoms with van der Waals surface area (Å²) in [5, 5.41) is 9.88. The summed E-state index contributed by atoms with van der Waals surface area (Å²) in [5.41, 5.74) is 8.77. The Balaban J connectivity index is 2.28. The molecule has 6 nitrogen and oxygen atoms in total. The number of carbonyl (C=O) groups excluding carboxylic acids is 1. The van der Waals surface area contributed by atoms with Crippen LogP contribution in [0.4, 0.5) is 0 Å². The third-order valence-corrected chi connectivity index (χ3v) is 3.94. The molecule has 0 saturated carbocycles. The van der Waals surface area contributed by atoms with Gasteiger partial charge < -0.3 is 5.73 Å². The third kappa shape index (κ3) is 2.09. The average molecular weight is 287 g/mol. The van der Waals surface area contributed by atoms with E-state index in [1.54, 1.807) is 0 Å². The fraction of sp³-hybridized carbons (Fsp3) is 0.231. The van der Waals surface area contributed by atoms with Gasteiger partial charge in [-0.1, -0.05) is 11.8 Å². The minimum atomic E-state index is -0.382. The van der Waals surface area contributed by atoms with Crippen molar-refractivity contribution in [3.8, 4) is 0 Å². The molecule has 2 N–H and O–H groups in total. The molecule has 102 valence electrons. The quantitative estimate of drug-likeness (QED) is 0.737. The highest BCUT2D eigenvalue weighted by Gasteiger charge is 2.12. The van der Waals surface area contributed by atoms with Crippen LogP contribution in [0.2, 0.25) is 0 Å². The number of thioether (sulfide) groups is 1. The van der Waals surface area contributed by atoms with Crippen molar-refractivity contribution in [1.29, 1.82) is 0 Å². The Morgan fingerprint density at radius 1 is 1.35 bits per heavy atom. The minimum Gasteiger partial charge on any atom is -0.369 e. The highest BCUT2D eigenvalue weighted by atomic mass is 32.2. The molecule has 0 aromatic carbocycles. The minimum absolute atomic E-state index is 0.169. The van der Waals surface area contributed by atoms with Crippen molar-refractivity contribution in [3.63, 3.8) is 0 Å². The molecule has 0 aliphatic rings. The van der Waals surface area contributed by atoms with Crippen LogP contribution >= 0.6 is 11.8 Å². The predicted octanol–water partition coefficient (Wildman–Crippen LogP) is 1.47. The van der Waals surface area contributed by atoms with Gasteiger partial charge in [0.15, 0.2) is 10.8 Å². The summed E-state index contributed by atoms with van der Waals surface area (Å²) in [5.74, 6) is -0.213. The third-order valence-electron chi connectivity index (χ3n) is 2.99. The van der Waals surface area contributed by atoms with Crippen molar-refractivity contribution >= 4 is 34.3 Å². The normalized spacial score (nSPS) is 11.3. The molecular formula is C13H13N5OS. The predicted molar refractivity (Wildman–Crippen MR) is 77.7 cm³/mol. The van der Waals surface area contributed by atoms with Crippen LogP contribution in [0.3, 0.4) is 0 Å². The van der Waals surface area contributed by atoms with Crippen molar-refractivity contribution in [2.24, 2.45) is 5.73 Å². The van der Waals surface area contributed by atoms with E-state index < -0.39 is 0 Å². The van der Waals surface area contributed by atoms with Crippen LogP contribution in [0.15, 0.2) is 23.4 Å². The standard InChI is InChI=1S/C13H13N5OS/c1-7-5-8(2)15-12-9(7)3-4-11-16-17-13(18(11)12)20-6-10(14)19/h3-5H,6H2,1-2H3,(H2,14,19). The average Bonchev–Trinajstić information content (AvgIpc) is 2.79. The second-order valence-electron chi connectivity index (χ2n) is 4.58. The van der Waals surface area contributed by atoms with Crippen LogP contribution in [-0.2, 0) is 4.79 Å². The molecular weight excluding hydrogens is 274 g/mol. The first-order valence-corrected chi connectivity index (χ1v) is 7.08. The number of aromatic nitrogens is 4. The molecule has 1 amide bonds. The Kier molecular flexibility index (Phi) is 3.06. The molecule has 0 spiro atoms. The van der Waals surface area contributed by atoms with Crippen molar-refractivity contribution in [3.05, 3.63) is 29.5 Å². The smallest absolute Gasteiger partial charge is 0.227 e. The molecule has 0 saturated heterocycles. The summed E-state index contributed by atoms with van der Waals surface area (Å²) in [6.45, 7) is 4.00. The van der Waals surface area contributed by atoms with E-state index in [4.69, 9.17) is 5.73 Å². The highest BCUT2D eigenvalue weighted by Crippen LogP contribution is 2.24. The highest BCUT2D eigenvalue weighted by molar-refractivity contribution is 7.99. The molecule has 3 rings (SSSR count). The molecule has 20 heavy (non-hydrogen) atoms. The number of amides is 1. The van der Waals surface area contributed by atoms with Gasteiger partial charge in [-0.15, -0.1) is 10.2 Å². The summed E-state index contributed by atoms with van der Waals surface area (Å²) >= 11 is 1.27. The number of pyridine rings is 2. The van der Waals surface area contributed by atoms with Crippen LogP contribution in [0.25, 0.3) is 16.7 Å². The molecule has 0 atom stereocenters. The number of hydrogen-bond donors (Lipinski definition) is 1. The SMILES string of the molecule is Cc1cc(C)c2ccc3nnc(SCC(N)=O)n3c2n1. The Morgan fingerprint density at radius 2 is 2.15 bits per heavy atom. The monoisotopic (exact) mass is 287 g/mol. The van der Waals surface area contributed by atoms with Crippen molar-refractivity contribution in [2.45, 2.75) is 19.0 Å². The zero-order chi connectivity index (χ0) is 14.3. The Hall–Kier alpha value is -2.15. The van der Waals surface area contributed by atoms with Gasteiger partial charge in [-0.25, -0.2) is 4.98 Å².